The number of rotatable bonds is 6. The smallest absolute Gasteiger partial charge is 0.249 e. The number of nitrogens with zero attached hydrogens (tertiary/aromatic N) is 4. The van der Waals surface area contributed by atoms with Gasteiger partial charge in [0, 0.05) is 12.1 Å². The molecule has 122 valence electrons. The molecule has 3 aromatic rings. The molecule has 24 heavy (non-hydrogen) atoms. The van der Waals surface area contributed by atoms with Gasteiger partial charge in [-0.05, 0) is 22.1 Å². The molecule has 0 bridgehead atoms. The summed E-state index contributed by atoms with van der Waals surface area (Å²) in [5.41, 5.74) is 1.71. The number of carbonyl (C=O) groups is 1. The van der Waals surface area contributed by atoms with Crippen LogP contribution in [0.2, 0.25) is 0 Å². The van der Waals surface area contributed by atoms with E-state index < -0.39 is 6.04 Å². The van der Waals surface area contributed by atoms with E-state index in [0.717, 1.165) is 16.9 Å². The summed E-state index contributed by atoms with van der Waals surface area (Å²) in [6.45, 7) is 0.355. The van der Waals surface area contributed by atoms with E-state index in [1.165, 1.54) is 11.0 Å². The fourth-order valence-electron chi connectivity index (χ4n) is 2.47. The highest BCUT2D eigenvalue weighted by Crippen LogP contribution is 2.19. The second-order valence-electron chi connectivity index (χ2n) is 5.13. The SMILES string of the molecule is COc1ccccc1CNC(=O)[C@H](c1ccccc1)n1cnnn1. The standard InChI is InChI=1S/C17H17N5O2/c1-24-15-10-6-5-9-14(15)11-18-17(23)16(22-12-19-20-21-22)13-7-3-2-4-8-13/h2-10,12,16H,11H2,1H3,(H,18,23)/t16-/m0/s1. The summed E-state index contributed by atoms with van der Waals surface area (Å²) in [4.78, 5) is 12.7. The zero-order valence-corrected chi connectivity index (χ0v) is 13.2. The zero-order valence-electron chi connectivity index (χ0n) is 13.2. The van der Waals surface area contributed by atoms with E-state index in [9.17, 15) is 4.79 Å². The maximum Gasteiger partial charge on any atom is 0.249 e. The van der Waals surface area contributed by atoms with Crippen molar-refractivity contribution in [2.45, 2.75) is 12.6 Å². The van der Waals surface area contributed by atoms with Crippen LogP contribution in [0, 0.1) is 0 Å². The Morgan fingerprint density at radius 1 is 1.17 bits per heavy atom. The van der Waals surface area contributed by atoms with Crippen LogP contribution in [0.3, 0.4) is 0 Å². The summed E-state index contributed by atoms with van der Waals surface area (Å²) >= 11 is 0. The first-order chi connectivity index (χ1) is 11.8. The van der Waals surface area contributed by atoms with E-state index in [0.29, 0.717) is 6.54 Å². The minimum absolute atomic E-state index is 0.195. The summed E-state index contributed by atoms with van der Waals surface area (Å²) in [5, 5.41) is 14.1. The van der Waals surface area contributed by atoms with Gasteiger partial charge in [-0.1, -0.05) is 48.5 Å². The van der Waals surface area contributed by atoms with Gasteiger partial charge in [-0.25, -0.2) is 4.68 Å². The monoisotopic (exact) mass is 323 g/mol. The molecule has 0 saturated heterocycles. The van der Waals surface area contributed by atoms with Crippen LogP contribution in [0.4, 0.5) is 0 Å². The fourth-order valence-corrected chi connectivity index (χ4v) is 2.47. The largest absolute Gasteiger partial charge is 0.496 e. The van der Waals surface area contributed by atoms with E-state index in [1.54, 1.807) is 7.11 Å². The minimum atomic E-state index is -0.629. The van der Waals surface area contributed by atoms with Gasteiger partial charge in [0.15, 0.2) is 6.04 Å². The first-order valence-corrected chi connectivity index (χ1v) is 7.46. The number of benzene rings is 2. The van der Waals surface area contributed by atoms with Crippen molar-refractivity contribution in [1.82, 2.24) is 25.5 Å². The van der Waals surface area contributed by atoms with E-state index in [2.05, 4.69) is 20.8 Å². The number of hydrogen-bond donors (Lipinski definition) is 1. The van der Waals surface area contributed by atoms with Gasteiger partial charge in [-0.15, -0.1) is 5.10 Å². The van der Waals surface area contributed by atoms with Gasteiger partial charge in [-0.2, -0.15) is 0 Å². The lowest BCUT2D eigenvalue weighted by molar-refractivity contribution is -0.123. The second-order valence-corrected chi connectivity index (χ2v) is 5.13. The van der Waals surface area contributed by atoms with Crippen molar-refractivity contribution in [1.29, 1.82) is 0 Å². The van der Waals surface area contributed by atoms with E-state index in [4.69, 9.17) is 4.74 Å². The molecule has 0 spiro atoms. The molecular formula is C17H17N5O2. The van der Waals surface area contributed by atoms with Crippen molar-refractivity contribution in [3.05, 3.63) is 72.1 Å². The Bertz CT molecular complexity index is 790. The van der Waals surface area contributed by atoms with Crippen molar-refractivity contribution in [2.24, 2.45) is 0 Å². The van der Waals surface area contributed by atoms with Gasteiger partial charge >= 0.3 is 0 Å². The third-order valence-electron chi connectivity index (χ3n) is 3.64. The van der Waals surface area contributed by atoms with Gasteiger partial charge in [0.1, 0.15) is 12.1 Å². The summed E-state index contributed by atoms with van der Waals surface area (Å²) in [6, 6.07) is 16.3. The maximum atomic E-state index is 12.7. The Labute approximate surface area is 139 Å². The predicted octanol–water partition coefficient (Wildman–Crippen LogP) is 1.59. The minimum Gasteiger partial charge on any atom is -0.496 e. The first kappa shape index (κ1) is 15.7. The lowest BCUT2D eigenvalue weighted by atomic mass is 10.1. The Kier molecular flexibility index (Phi) is 4.81. The number of hydrogen-bond acceptors (Lipinski definition) is 5. The highest BCUT2D eigenvalue weighted by molar-refractivity contribution is 5.83. The van der Waals surface area contributed by atoms with Crippen molar-refractivity contribution in [3.8, 4) is 5.75 Å². The highest BCUT2D eigenvalue weighted by Gasteiger charge is 2.23. The summed E-state index contributed by atoms with van der Waals surface area (Å²) < 4.78 is 6.74. The molecule has 7 heteroatoms. The molecule has 1 atom stereocenters. The molecule has 0 fully saturated rings. The molecule has 1 heterocycles. The zero-order chi connectivity index (χ0) is 16.8. The van der Waals surface area contributed by atoms with E-state index >= 15 is 0 Å². The number of aromatic nitrogens is 4. The van der Waals surface area contributed by atoms with Crippen molar-refractivity contribution in [3.63, 3.8) is 0 Å². The molecule has 3 rings (SSSR count). The van der Waals surface area contributed by atoms with Crippen LogP contribution in [0.1, 0.15) is 17.2 Å². The lowest BCUT2D eigenvalue weighted by Gasteiger charge is -2.17. The first-order valence-electron chi connectivity index (χ1n) is 7.46. The van der Waals surface area contributed by atoms with E-state index in [1.807, 2.05) is 54.6 Å². The molecule has 0 saturated carbocycles. The van der Waals surface area contributed by atoms with Gasteiger partial charge in [0.25, 0.3) is 0 Å². The summed E-state index contributed by atoms with van der Waals surface area (Å²) in [6.07, 6.45) is 1.43. The number of amides is 1. The molecule has 0 unspecified atom stereocenters. The van der Waals surface area contributed by atoms with Crippen LogP contribution in [-0.2, 0) is 11.3 Å². The van der Waals surface area contributed by atoms with Crippen LogP contribution >= 0.6 is 0 Å². The quantitative estimate of drug-likeness (QED) is 0.745. The van der Waals surface area contributed by atoms with Crippen molar-refractivity contribution < 1.29 is 9.53 Å². The average Bonchev–Trinajstić information content (AvgIpc) is 3.15. The Morgan fingerprint density at radius 2 is 1.92 bits per heavy atom. The second kappa shape index (κ2) is 7.36. The molecule has 0 aliphatic rings. The Balaban J connectivity index is 1.80. The van der Waals surface area contributed by atoms with Gasteiger partial charge in [0.05, 0.1) is 7.11 Å². The lowest BCUT2D eigenvalue weighted by Crippen LogP contribution is -2.33. The molecule has 0 aliphatic heterocycles. The summed E-state index contributed by atoms with van der Waals surface area (Å²) in [5.74, 6) is 0.538. The van der Waals surface area contributed by atoms with Crippen molar-refractivity contribution >= 4 is 5.91 Å². The third-order valence-corrected chi connectivity index (χ3v) is 3.64. The van der Waals surface area contributed by atoms with Crippen molar-refractivity contribution in [2.75, 3.05) is 7.11 Å². The summed E-state index contributed by atoms with van der Waals surface area (Å²) in [7, 11) is 1.61. The molecular weight excluding hydrogens is 306 g/mol. The highest BCUT2D eigenvalue weighted by atomic mass is 16.5. The van der Waals surface area contributed by atoms with Crippen LogP contribution in [0.15, 0.2) is 60.9 Å². The molecule has 0 aliphatic carbocycles. The number of ether oxygens (including phenoxy) is 1. The number of methoxy groups -OCH3 is 1. The molecule has 0 radical (unpaired) electrons. The predicted molar refractivity (Wildman–Crippen MR) is 87.2 cm³/mol. The fraction of sp³-hybridized carbons (Fsp3) is 0.176. The van der Waals surface area contributed by atoms with Crippen LogP contribution in [0.5, 0.6) is 5.75 Å². The van der Waals surface area contributed by atoms with Gasteiger partial charge in [0.2, 0.25) is 5.91 Å². The molecule has 1 amide bonds. The topological polar surface area (TPSA) is 81.9 Å². The Hall–Kier alpha value is -3.22. The molecule has 1 N–H and O–H groups in total. The molecule has 1 aromatic heterocycles. The van der Waals surface area contributed by atoms with Crippen LogP contribution in [-0.4, -0.2) is 33.2 Å². The normalized spacial score (nSPS) is 11.7. The number of para-hydroxylation sites is 1. The number of nitrogens with one attached hydrogen (secondary N) is 1. The van der Waals surface area contributed by atoms with Crippen LogP contribution in [0.25, 0.3) is 0 Å². The number of tetrazole rings is 1. The molecule has 2 aromatic carbocycles. The van der Waals surface area contributed by atoms with E-state index in [-0.39, 0.29) is 5.91 Å². The van der Waals surface area contributed by atoms with Crippen LogP contribution < -0.4 is 10.1 Å². The van der Waals surface area contributed by atoms with Gasteiger partial charge in [-0.3, -0.25) is 4.79 Å². The maximum absolute atomic E-state index is 12.7. The third kappa shape index (κ3) is 3.40. The Morgan fingerprint density at radius 3 is 2.62 bits per heavy atom. The number of carbonyl (C=O) groups excluding carboxylic acids is 1. The van der Waals surface area contributed by atoms with Gasteiger partial charge < -0.3 is 10.1 Å². The molecule has 7 nitrogen and oxygen atoms in total. The average molecular weight is 323 g/mol.